The number of imidazole rings is 1. The molecule has 2 aromatic rings. The van der Waals surface area contributed by atoms with Crippen LogP contribution in [0.4, 0.5) is 0 Å². The van der Waals surface area contributed by atoms with Gasteiger partial charge >= 0.3 is 0 Å². The number of pyridine rings is 1. The summed E-state index contributed by atoms with van der Waals surface area (Å²) in [4.78, 5) is 4.10. The first kappa shape index (κ1) is 8.26. The van der Waals surface area contributed by atoms with Gasteiger partial charge in [0, 0.05) is 18.2 Å². The lowest BCUT2D eigenvalue weighted by molar-refractivity contribution is 0.731. The highest BCUT2D eigenvalue weighted by molar-refractivity contribution is 5.46. The van der Waals surface area contributed by atoms with E-state index in [1.165, 1.54) is 5.69 Å². The molecule has 1 unspecified atom stereocenters. The van der Waals surface area contributed by atoms with Gasteiger partial charge in [-0.05, 0) is 12.1 Å². The monoisotopic (exact) mass is 175 g/mol. The molecule has 0 saturated heterocycles. The summed E-state index contributed by atoms with van der Waals surface area (Å²) in [6.45, 7) is 2.78. The lowest BCUT2D eigenvalue weighted by Crippen LogP contribution is -2.11. The Morgan fingerprint density at radius 3 is 3.15 bits per heavy atom. The predicted octanol–water partition coefficient (Wildman–Crippen LogP) is 1.40. The van der Waals surface area contributed by atoms with Crippen LogP contribution < -0.4 is 5.73 Å². The Hall–Kier alpha value is -1.35. The zero-order valence-electron chi connectivity index (χ0n) is 7.64. The molecule has 0 bridgehead atoms. The number of nitrogens with two attached hydrogens (primary N) is 1. The van der Waals surface area contributed by atoms with Crippen LogP contribution in [0.2, 0.25) is 0 Å². The van der Waals surface area contributed by atoms with Gasteiger partial charge in [0.25, 0.3) is 0 Å². The summed E-state index contributed by atoms with van der Waals surface area (Å²) in [7, 11) is 0. The van der Waals surface area contributed by atoms with E-state index in [0.717, 1.165) is 5.52 Å². The zero-order chi connectivity index (χ0) is 9.26. The van der Waals surface area contributed by atoms with Crippen molar-refractivity contribution < 1.29 is 0 Å². The van der Waals surface area contributed by atoms with Crippen molar-refractivity contribution in [3.63, 3.8) is 0 Å². The van der Waals surface area contributed by atoms with Crippen molar-refractivity contribution in [1.29, 1.82) is 0 Å². The Labute approximate surface area is 77.2 Å². The molecule has 3 heteroatoms. The van der Waals surface area contributed by atoms with Crippen molar-refractivity contribution in [2.75, 3.05) is 6.54 Å². The van der Waals surface area contributed by atoms with Gasteiger partial charge in [-0.1, -0.05) is 13.0 Å². The van der Waals surface area contributed by atoms with Gasteiger partial charge in [-0.3, -0.25) is 0 Å². The summed E-state index contributed by atoms with van der Waals surface area (Å²) in [5.74, 6) is 0.373. The number of hydrogen-bond donors (Lipinski definition) is 1. The number of fused-ring (bicyclic) bond motifs is 1. The standard InChI is InChI=1S/C10H13N3/c1-8(5-11)10-4-2-3-9-6-12-7-13(9)10/h2-4,6-8H,5,11H2,1H3. The van der Waals surface area contributed by atoms with E-state index >= 15 is 0 Å². The third-order valence-corrected chi connectivity index (χ3v) is 2.34. The molecule has 0 fully saturated rings. The molecule has 2 heterocycles. The zero-order valence-corrected chi connectivity index (χ0v) is 7.64. The second-order valence-corrected chi connectivity index (χ2v) is 3.28. The second-order valence-electron chi connectivity index (χ2n) is 3.28. The molecule has 0 aliphatic rings. The van der Waals surface area contributed by atoms with Crippen LogP contribution in [-0.4, -0.2) is 15.9 Å². The minimum Gasteiger partial charge on any atom is -0.330 e. The summed E-state index contributed by atoms with van der Waals surface area (Å²) >= 11 is 0. The summed E-state index contributed by atoms with van der Waals surface area (Å²) in [6, 6.07) is 6.17. The van der Waals surface area contributed by atoms with Crippen LogP contribution in [0.5, 0.6) is 0 Å². The van der Waals surface area contributed by atoms with Crippen LogP contribution in [0.3, 0.4) is 0 Å². The maximum atomic E-state index is 5.63. The van der Waals surface area contributed by atoms with Crippen LogP contribution in [0.15, 0.2) is 30.7 Å². The van der Waals surface area contributed by atoms with E-state index in [4.69, 9.17) is 5.73 Å². The molecule has 0 saturated carbocycles. The molecule has 3 nitrogen and oxygen atoms in total. The predicted molar refractivity (Wildman–Crippen MR) is 52.7 cm³/mol. The molecule has 0 radical (unpaired) electrons. The maximum absolute atomic E-state index is 5.63. The Balaban J connectivity index is 2.60. The fourth-order valence-corrected chi connectivity index (χ4v) is 1.49. The molecule has 0 amide bonds. The number of nitrogens with zero attached hydrogens (tertiary/aromatic N) is 2. The Morgan fingerprint density at radius 1 is 1.54 bits per heavy atom. The SMILES string of the molecule is CC(CN)c1cccc2cncn12. The lowest BCUT2D eigenvalue weighted by Gasteiger charge is -2.10. The van der Waals surface area contributed by atoms with E-state index in [9.17, 15) is 0 Å². The van der Waals surface area contributed by atoms with Crippen LogP contribution in [0.1, 0.15) is 18.5 Å². The number of rotatable bonds is 2. The van der Waals surface area contributed by atoms with Crippen LogP contribution in [0.25, 0.3) is 5.52 Å². The van der Waals surface area contributed by atoms with E-state index in [2.05, 4.69) is 22.4 Å². The van der Waals surface area contributed by atoms with Crippen molar-refractivity contribution in [2.24, 2.45) is 5.73 Å². The van der Waals surface area contributed by atoms with Gasteiger partial charge in [0.1, 0.15) is 0 Å². The average Bonchev–Trinajstić information content (AvgIpc) is 2.63. The first-order chi connectivity index (χ1) is 6.33. The van der Waals surface area contributed by atoms with Crippen molar-refractivity contribution >= 4 is 5.52 Å². The molecule has 0 spiro atoms. The highest BCUT2D eigenvalue weighted by atomic mass is 15.0. The minimum absolute atomic E-state index is 0.373. The molecule has 13 heavy (non-hydrogen) atoms. The van der Waals surface area contributed by atoms with Crippen LogP contribution in [-0.2, 0) is 0 Å². The fraction of sp³-hybridized carbons (Fsp3) is 0.300. The lowest BCUT2D eigenvalue weighted by atomic mass is 10.1. The van der Waals surface area contributed by atoms with Crippen molar-refractivity contribution in [3.05, 3.63) is 36.4 Å². The van der Waals surface area contributed by atoms with E-state index < -0.39 is 0 Å². The Kier molecular flexibility index (Phi) is 2.02. The van der Waals surface area contributed by atoms with Gasteiger partial charge in [0.2, 0.25) is 0 Å². The topological polar surface area (TPSA) is 43.3 Å². The molecular formula is C10H13N3. The number of hydrogen-bond acceptors (Lipinski definition) is 2. The molecule has 2 aromatic heterocycles. The second kappa shape index (κ2) is 3.18. The molecule has 68 valence electrons. The van der Waals surface area contributed by atoms with E-state index in [1.54, 1.807) is 0 Å². The van der Waals surface area contributed by atoms with Crippen molar-refractivity contribution in [3.8, 4) is 0 Å². The molecule has 0 aromatic carbocycles. The third kappa shape index (κ3) is 1.31. The van der Waals surface area contributed by atoms with Crippen molar-refractivity contribution in [2.45, 2.75) is 12.8 Å². The van der Waals surface area contributed by atoms with Gasteiger partial charge < -0.3 is 10.1 Å². The number of aromatic nitrogens is 2. The van der Waals surface area contributed by atoms with Crippen LogP contribution >= 0.6 is 0 Å². The summed E-state index contributed by atoms with van der Waals surface area (Å²) in [5, 5.41) is 0. The Bertz CT molecular complexity index is 405. The van der Waals surface area contributed by atoms with Gasteiger partial charge in [0.05, 0.1) is 18.0 Å². The molecule has 2 N–H and O–H groups in total. The maximum Gasteiger partial charge on any atom is 0.0994 e. The largest absolute Gasteiger partial charge is 0.330 e. The van der Waals surface area contributed by atoms with Gasteiger partial charge in [-0.15, -0.1) is 0 Å². The Morgan fingerprint density at radius 2 is 2.38 bits per heavy atom. The van der Waals surface area contributed by atoms with Crippen molar-refractivity contribution in [1.82, 2.24) is 9.38 Å². The average molecular weight is 175 g/mol. The van der Waals surface area contributed by atoms with Gasteiger partial charge in [-0.2, -0.15) is 0 Å². The first-order valence-corrected chi connectivity index (χ1v) is 4.44. The normalized spacial score (nSPS) is 13.4. The molecule has 2 rings (SSSR count). The molecule has 1 atom stereocenters. The fourth-order valence-electron chi connectivity index (χ4n) is 1.49. The van der Waals surface area contributed by atoms with E-state index in [1.807, 2.05) is 24.7 Å². The highest BCUT2D eigenvalue weighted by Gasteiger charge is 2.06. The third-order valence-electron chi connectivity index (χ3n) is 2.34. The first-order valence-electron chi connectivity index (χ1n) is 4.44. The highest BCUT2D eigenvalue weighted by Crippen LogP contribution is 2.15. The summed E-state index contributed by atoms with van der Waals surface area (Å²) in [5.41, 5.74) is 7.97. The summed E-state index contributed by atoms with van der Waals surface area (Å²) in [6.07, 6.45) is 3.68. The molecular weight excluding hydrogens is 162 g/mol. The molecule has 0 aliphatic carbocycles. The minimum atomic E-state index is 0.373. The van der Waals surface area contributed by atoms with E-state index in [-0.39, 0.29) is 0 Å². The van der Waals surface area contributed by atoms with Crippen LogP contribution in [0, 0.1) is 0 Å². The molecule has 0 aliphatic heterocycles. The van der Waals surface area contributed by atoms with Gasteiger partial charge in [-0.25, -0.2) is 4.98 Å². The quantitative estimate of drug-likeness (QED) is 0.749. The van der Waals surface area contributed by atoms with E-state index in [0.29, 0.717) is 12.5 Å². The smallest absolute Gasteiger partial charge is 0.0994 e. The summed E-state index contributed by atoms with van der Waals surface area (Å²) < 4.78 is 2.08. The van der Waals surface area contributed by atoms with Gasteiger partial charge in [0.15, 0.2) is 0 Å².